The van der Waals surface area contributed by atoms with E-state index in [4.69, 9.17) is 18.9 Å². The van der Waals surface area contributed by atoms with Gasteiger partial charge in [0.1, 0.15) is 5.00 Å². The number of hydrogen-bond acceptors (Lipinski definition) is 7. The molecule has 0 unspecified atom stereocenters. The summed E-state index contributed by atoms with van der Waals surface area (Å²) >= 11 is 1.47. The number of carbonyl (C=O) groups is 2. The van der Waals surface area contributed by atoms with E-state index in [1.165, 1.54) is 39.1 Å². The number of thiophene rings is 1. The van der Waals surface area contributed by atoms with E-state index in [1.54, 1.807) is 19.1 Å². The standard InChI is InChI=1S/C23H29NO6S/c1-5-30-23(26)19-15-10-8-6-7-9-11-18(15)31-22(19)24-21(25)14-12-16(27-2)20(29-4)17(13-14)28-3/h12-13H,5-11H2,1-4H3,(H,24,25). The highest BCUT2D eigenvalue weighted by atomic mass is 32.1. The Kier molecular flexibility index (Phi) is 7.79. The quantitative estimate of drug-likeness (QED) is 0.610. The van der Waals surface area contributed by atoms with Crippen molar-refractivity contribution < 1.29 is 28.5 Å². The molecule has 31 heavy (non-hydrogen) atoms. The molecule has 0 saturated carbocycles. The van der Waals surface area contributed by atoms with E-state index >= 15 is 0 Å². The number of rotatable bonds is 7. The van der Waals surface area contributed by atoms with E-state index in [0.29, 0.717) is 33.4 Å². The fourth-order valence-corrected chi connectivity index (χ4v) is 5.09. The molecule has 0 saturated heterocycles. The fraction of sp³-hybridized carbons (Fsp3) is 0.478. The molecule has 1 aliphatic rings. The van der Waals surface area contributed by atoms with Crippen molar-refractivity contribution in [3.8, 4) is 17.2 Å². The summed E-state index contributed by atoms with van der Waals surface area (Å²) in [7, 11) is 4.50. The number of hydrogen-bond donors (Lipinski definition) is 1. The van der Waals surface area contributed by atoms with Gasteiger partial charge in [-0.1, -0.05) is 12.8 Å². The molecule has 0 spiro atoms. The molecule has 0 atom stereocenters. The van der Waals surface area contributed by atoms with E-state index in [0.717, 1.165) is 42.5 Å². The number of nitrogens with one attached hydrogen (secondary N) is 1. The van der Waals surface area contributed by atoms with Gasteiger partial charge < -0.3 is 24.3 Å². The zero-order valence-corrected chi connectivity index (χ0v) is 19.3. The van der Waals surface area contributed by atoms with E-state index < -0.39 is 0 Å². The predicted octanol–water partition coefficient (Wildman–Crippen LogP) is 4.86. The minimum atomic E-state index is -0.388. The van der Waals surface area contributed by atoms with Gasteiger partial charge in [0.05, 0.1) is 33.5 Å². The Hall–Kier alpha value is -2.74. The van der Waals surface area contributed by atoms with Gasteiger partial charge in [0.25, 0.3) is 5.91 Å². The monoisotopic (exact) mass is 447 g/mol. The first-order valence-electron chi connectivity index (χ1n) is 10.5. The summed E-state index contributed by atoms with van der Waals surface area (Å²) in [5, 5.41) is 3.46. The Bertz CT molecular complexity index is 927. The molecular weight excluding hydrogens is 418 g/mol. The summed E-state index contributed by atoms with van der Waals surface area (Å²) < 4.78 is 21.3. The van der Waals surface area contributed by atoms with Crippen molar-refractivity contribution in [3.05, 3.63) is 33.7 Å². The maximum Gasteiger partial charge on any atom is 0.341 e. The number of aryl methyl sites for hydroxylation is 1. The number of anilines is 1. The molecule has 0 radical (unpaired) electrons. The number of amides is 1. The molecule has 0 aliphatic heterocycles. The van der Waals surface area contributed by atoms with Gasteiger partial charge in [0.15, 0.2) is 11.5 Å². The SMILES string of the molecule is CCOC(=O)c1c(NC(=O)c2cc(OC)c(OC)c(OC)c2)sc2c1CCCCCC2. The third kappa shape index (κ3) is 4.95. The first-order chi connectivity index (χ1) is 15.0. The number of esters is 1. The van der Waals surface area contributed by atoms with Crippen molar-refractivity contribution in [2.45, 2.75) is 45.4 Å². The van der Waals surface area contributed by atoms with Crippen LogP contribution in [0.2, 0.25) is 0 Å². The highest BCUT2D eigenvalue weighted by Gasteiger charge is 2.27. The van der Waals surface area contributed by atoms with E-state index in [1.807, 2.05) is 0 Å². The molecule has 1 heterocycles. The Labute approximate surface area is 186 Å². The van der Waals surface area contributed by atoms with Crippen molar-refractivity contribution >= 4 is 28.2 Å². The number of carbonyl (C=O) groups excluding carboxylic acids is 2. The summed E-state index contributed by atoms with van der Waals surface area (Å²) in [4.78, 5) is 27.1. The van der Waals surface area contributed by atoms with Crippen molar-refractivity contribution in [2.24, 2.45) is 0 Å². The van der Waals surface area contributed by atoms with Crippen LogP contribution in [-0.4, -0.2) is 39.8 Å². The first-order valence-corrected chi connectivity index (χ1v) is 11.3. The van der Waals surface area contributed by atoms with Gasteiger partial charge in [-0.05, 0) is 50.3 Å². The molecule has 168 valence electrons. The van der Waals surface area contributed by atoms with Crippen LogP contribution in [0.5, 0.6) is 17.2 Å². The Balaban J connectivity index is 1.99. The highest BCUT2D eigenvalue weighted by Crippen LogP contribution is 2.40. The molecule has 1 aromatic heterocycles. The predicted molar refractivity (Wildman–Crippen MR) is 120 cm³/mol. The second-order valence-electron chi connectivity index (χ2n) is 7.21. The van der Waals surface area contributed by atoms with Crippen LogP contribution in [0.15, 0.2) is 12.1 Å². The molecule has 0 bridgehead atoms. The van der Waals surface area contributed by atoms with E-state index in [2.05, 4.69) is 5.32 Å². The molecule has 1 amide bonds. The average Bonchev–Trinajstić information content (AvgIpc) is 3.08. The average molecular weight is 448 g/mol. The Morgan fingerprint density at radius 3 is 2.19 bits per heavy atom. The molecule has 2 aromatic rings. The van der Waals surface area contributed by atoms with E-state index in [9.17, 15) is 9.59 Å². The normalized spacial score (nSPS) is 13.4. The summed E-state index contributed by atoms with van der Waals surface area (Å²) in [6.45, 7) is 2.06. The van der Waals surface area contributed by atoms with Crippen molar-refractivity contribution in [1.29, 1.82) is 0 Å². The third-order valence-corrected chi connectivity index (χ3v) is 6.51. The van der Waals surface area contributed by atoms with Crippen molar-refractivity contribution in [2.75, 3.05) is 33.3 Å². The number of benzene rings is 1. The van der Waals surface area contributed by atoms with Crippen LogP contribution < -0.4 is 19.5 Å². The Morgan fingerprint density at radius 2 is 1.61 bits per heavy atom. The van der Waals surface area contributed by atoms with Crippen LogP contribution >= 0.6 is 11.3 Å². The van der Waals surface area contributed by atoms with Gasteiger partial charge in [0, 0.05) is 10.4 Å². The number of fused-ring (bicyclic) bond motifs is 1. The molecule has 1 N–H and O–H groups in total. The lowest BCUT2D eigenvalue weighted by atomic mass is 9.96. The molecule has 1 aromatic carbocycles. The smallest absolute Gasteiger partial charge is 0.341 e. The van der Waals surface area contributed by atoms with Crippen molar-refractivity contribution in [3.63, 3.8) is 0 Å². The summed E-state index contributed by atoms with van der Waals surface area (Å²) in [5.74, 6) is 0.430. The van der Waals surface area contributed by atoms with Crippen molar-refractivity contribution in [1.82, 2.24) is 0 Å². The summed E-state index contributed by atoms with van der Waals surface area (Å²) in [5.41, 5.74) is 1.85. The maximum absolute atomic E-state index is 13.1. The Morgan fingerprint density at radius 1 is 0.968 bits per heavy atom. The van der Waals surface area contributed by atoms with Crippen LogP contribution in [-0.2, 0) is 17.6 Å². The molecule has 8 heteroatoms. The highest BCUT2D eigenvalue weighted by molar-refractivity contribution is 7.17. The van der Waals surface area contributed by atoms with Gasteiger partial charge in [-0.3, -0.25) is 4.79 Å². The van der Waals surface area contributed by atoms with Crippen LogP contribution in [0.4, 0.5) is 5.00 Å². The van der Waals surface area contributed by atoms with Gasteiger partial charge in [-0.15, -0.1) is 11.3 Å². The lowest BCUT2D eigenvalue weighted by Gasteiger charge is -2.14. The van der Waals surface area contributed by atoms with Gasteiger partial charge in [-0.2, -0.15) is 0 Å². The number of methoxy groups -OCH3 is 3. The summed E-state index contributed by atoms with van der Waals surface area (Å²) in [6.07, 6.45) is 6.16. The van der Waals surface area contributed by atoms with Crippen LogP contribution in [0.25, 0.3) is 0 Å². The van der Waals surface area contributed by atoms with Gasteiger partial charge in [0.2, 0.25) is 5.75 Å². The topological polar surface area (TPSA) is 83.1 Å². The first kappa shape index (κ1) is 22.9. The molecule has 1 aliphatic carbocycles. The van der Waals surface area contributed by atoms with Gasteiger partial charge >= 0.3 is 5.97 Å². The molecular formula is C23H29NO6S. The third-order valence-electron chi connectivity index (χ3n) is 5.30. The second-order valence-corrected chi connectivity index (χ2v) is 8.32. The fourth-order valence-electron chi connectivity index (χ4n) is 3.81. The number of ether oxygens (including phenoxy) is 4. The minimum absolute atomic E-state index is 0.281. The second kappa shape index (κ2) is 10.5. The van der Waals surface area contributed by atoms with Crippen LogP contribution in [0, 0.1) is 0 Å². The summed E-state index contributed by atoms with van der Waals surface area (Å²) in [6, 6.07) is 3.18. The van der Waals surface area contributed by atoms with Crippen LogP contribution in [0.1, 0.15) is 63.8 Å². The van der Waals surface area contributed by atoms with E-state index in [-0.39, 0.29) is 18.5 Å². The lowest BCUT2D eigenvalue weighted by Crippen LogP contribution is -2.16. The van der Waals surface area contributed by atoms with Gasteiger partial charge in [-0.25, -0.2) is 4.79 Å². The maximum atomic E-state index is 13.1. The molecule has 0 fully saturated rings. The minimum Gasteiger partial charge on any atom is -0.493 e. The van der Waals surface area contributed by atoms with Crippen LogP contribution in [0.3, 0.4) is 0 Å². The molecule has 3 rings (SSSR count). The zero-order chi connectivity index (χ0) is 22.4. The zero-order valence-electron chi connectivity index (χ0n) is 18.5. The largest absolute Gasteiger partial charge is 0.493 e. The lowest BCUT2D eigenvalue weighted by molar-refractivity contribution is 0.0526. The molecule has 7 nitrogen and oxygen atoms in total.